The molecule has 1 atom stereocenters. The van der Waals surface area contributed by atoms with Crippen molar-refractivity contribution in [1.82, 2.24) is 25.3 Å². The number of fused-ring (bicyclic) bond motifs is 1. The molecule has 1 amide bonds. The Balaban J connectivity index is 1.20. The van der Waals surface area contributed by atoms with E-state index in [0.717, 1.165) is 44.8 Å². The van der Waals surface area contributed by atoms with Gasteiger partial charge in [-0.25, -0.2) is 0 Å². The van der Waals surface area contributed by atoms with Gasteiger partial charge in [0.05, 0.1) is 5.69 Å². The monoisotopic (exact) mass is 367 g/mol. The highest BCUT2D eigenvalue weighted by molar-refractivity contribution is 5.75. The van der Waals surface area contributed by atoms with Crippen molar-refractivity contribution in [2.45, 2.75) is 38.3 Å². The van der Waals surface area contributed by atoms with Gasteiger partial charge in [0.25, 0.3) is 0 Å². The van der Waals surface area contributed by atoms with E-state index in [9.17, 15) is 4.79 Å². The van der Waals surface area contributed by atoms with E-state index >= 15 is 0 Å². The van der Waals surface area contributed by atoms with Crippen LogP contribution in [-0.4, -0.2) is 53.3 Å². The largest absolute Gasteiger partial charge is 0.353 e. The molecule has 0 spiro atoms. The smallest absolute Gasteiger partial charge is 0.241 e. The van der Waals surface area contributed by atoms with Gasteiger partial charge in [0.15, 0.2) is 0 Å². The fourth-order valence-electron chi connectivity index (χ4n) is 4.09. The number of aromatic nitrogens is 2. The molecule has 6 heteroatoms. The number of nitrogens with one attached hydrogen (secondary N) is 2. The summed E-state index contributed by atoms with van der Waals surface area (Å²) in [5, 5.41) is 11.1. The number of benzene rings is 1. The quantitative estimate of drug-likeness (QED) is 0.813. The van der Waals surface area contributed by atoms with Crippen LogP contribution >= 0.6 is 0 Å². The first-order valence-electron chi connectivity index (χ1n) is 10.1. The number of nitrogens with zero attached hydrogens (tertiary/aromatic N) is 3. The summed E-state index contributed by atoms with van der Waals surface area (Å²) in [6, 6.07) is 10.7. The number of carbonyl (C=O) groups is 1. The minimum atomic E-state index is 0.0313. The van der Waals surface area contributed by atoms with Crippen LogP contribution in [0.2, 0.25) is 0 Å². The van der Waals surface area contributed by atoms with Gasteiger partial charge in [0, 0.05) is 44.8 Å². The van der Waals surface area contributed by atoms with Crippen molar-refractivity contribution in [1.29, 1.82) is 0 Å². The summed E-state index contributed by atoms with van der Waals surface area (Å²) in [7, 11) is 0. The topological polar surface area (TPSA) is 62.2 Å². The Morgan fingerprint density at radius 3 is 3.00 bits per heavy atom. The predicted octanol–water partition coefficient (Wildman–Crippen LogP) is 1.52. The number of carbonyl (C=O) groups excluding carboxylic acids is 1. The second kappa shape index (κ2) is 8.67. The first-order valence-corrected chi connectivity index (χ1v) is 10.1. The summed E-state index contributed by atoms with van der Waals surface area (Å²) in [6.07, 6.45) is 5.38. The standard InChI is InChI=1S/C21H29N5O/c27-21(16-26-12-8-20(24-26)18-6-3-9-22-14-18)23-10-13-25-11-7-17-4-1-2-5-19(17)15-25/h1-2,4-5,8,12,18,22H,3,6-7,9-11,13-16H2,(H,23,27)/t18-/m1/s1. The van der Waals surface area contributed by atoms with Crippen molar-refractivity contribution in [3.8, 4) is 0 Å². The second-order valence-corrected chi connectivity index (χ2v) is 7.63. The molecule has 0 saturated carbocycles. The van der Waals surface area contributed by atoms with Gasteiger partial charge < -0.3 is 10.6 Å². The zero-order chi connectivity index (χ0) is 18.5. The summed E-state index contributed by atoms with van der Waals surface area (Å²) in [5.74, 6) is 0.508. The molecule has 0 radical (unpaired) electrons. The highest BCUT2D eigenvalue weighted by Crippen LogP contribution is 2.21. The normalized spacial score (nSPS) is 20.2. The van der Waals surface area contributed by atoms with Crippen molar-refractivity contribution < 1.29 is 4.79 Å². The van der Waals surface area contributed by atoms with Crippen molar-refractivity contribution in [3.05, 3.63) is 53.3 Å². The zero-order valence-corrected chi connectivity index (χ0v) is 15.9. The van der Waals surface area contributed by atoms with E-state index in [1.165, 1.54) is 24.0 Å². The molecule has 6 nitrogen and oxygen atoms in total. The van der Waals surface area contributed by atoms with E-state index < -0.39 is 0 Å². The van der Waals surface area contributed by atoms with Gasteiger partial charge >= 0.3 is 0 Å². The minimum Gasteiger partial charge on any atom is -0.353 e. The van der Waals surface area contributed by atoms with Gasteiger partial charge in [0.1, 0.15) is 6.54 Å². The lowest BCUT2D eigenvalue weighted by molar-refractivity contribution is -0.121. The molecule has 0 bridgehead atoms. The van der Waals surface area contributed by atoms with Gasteiger partial charge in [-0.2, -0.15) is 5.10 Å². The van der Waals surface area contributed by atoms with Crippen LogP contribution in [0.4, 0.5) is 0 Å². The number of hydrogen-bond donors (Lipinski definition) is 2. The first-order chi connectivity index (χ1) is 13.3. The van der Waals surface area contributed by atoms with Crippen LogP contribution in [0, 0.1) is 0 Å². The van der Waals surface area contributed by atoms with Crippen molar-refractivity contribution in [3.63, 3.8) is 0 Å². The third kappa shape index (κ3) is 4.76. The maximum atomic E-state index is 12.2. The minimum absolute atomic E-state index is 0.0313. The Morgan fingerprint density at radius 1 is 1.26 bits per heavy atom. The molecule has 27 heavy (non-hydrogen) atoms. The molecular formula is C21H29N5O. The van der Waals surface area contributed by atoms with Crippen molar-refractivity contribution in [2.75, 3.05) is 32.7 Å². The Hall–Kier alpha value is -2.18. The average Bonchev–Trinajstić information content (AvgIpc) is 3.17. The lowest BCUT2D eigenvalue weighted by atomic mass is 9.97. The van der Waals surface area contributed by atoms with Crippen molar-refractivity contribution >= 4 is 5.91 Å². The summed E-state index contributed by atoms with van der Waals surface area (Å²) in [4.78, 5) is 14.6. The fourth-order valence-corrected chi connectivity index (χ4v) is 4.09. The molecule has 3 heterocycles. The van der Waals surface area contributed by atoms with Crippen LogP contribution in [0.5, 0.6) is 0 Å². The van der Waals surface area contributed by atoms with E-state index in [-0.39, 0.29) is 5.91 Å². The Labute approximate surface area is 160 Å². The molecule has 2 aliphatic heterocycles. The van der Waals surface area contributed by atoms with Gasteiger partial charge in [-0.1, -0.05) is 24.3 Å². The molecule has 1 fully saturated rings. The molecule has 0 unspecified atom stereocenters. The molecule has 1 aromatic heterocycles. The Bertz CT molecular complexity index is 765. The van der Waals surface area contributed by atoms with Crippen LogP contribution in [0.1, 0.15) is 35.6 Å². The van der Waals surface area contributed by atoms with Gasteiger partial charge in [-0.05, 0) is 43.0 Å². The van der Waals surface area contributed by atoms with E-state index in [2.05, 4.69) is 51.0 Å². The van der Waals surface area contributed by atoms with Crippen LogP contribution in [0.15, 0.2) is 36.5 Å². The molecule has 144 valence electrons. The van der Waals surface area contributed by atoms with E-state index in [1.54, 1.807) is 4.68 Å². The van der Waals surface area contributed by atoms with E-state index in [1.807, 2.05) is 6.20 Å². The van der Waals surface area contributed by atoms with E-state index in [0.29, 0.717) is 19.0 Å². The lowest BCUT2D eigenvalue weighted by Crippen LogP contribution is -2.38. The highest BCUT2D eigenvalue weighted by atomic mass is 16.2. The lowest BCUT2D eigenvalue weighted by Gasteiger charge is -2.28. The van der Waals surface area contributed by atoms with Crippen molar-refractivity contribution in [2.24, 2.45) is 0 Å². The number of piperidine rings is 1. The second-order valence-electron chi connectivity index (χ2n) is 7.63. The Morgan fingerprint density at radius 2 is 2.15 bits per heavy atom. The summed E-state index contributed by atoms with van der Waals surface area (Å²) >= 11 is 0. The first kappa shape index (κ1) is 18.2. The molecule has 0 aliphatic carbocycles. The molecule has 1 aromatic carbocycles. The molecule has 2 aromatic rings. The number of amides is 1. The van der Waals surface area contributed by atoms with Crippen LogP contribution < -0.4 is 10.6 Å². The molecule has 2 aliphatic rings. The van der Waals surface area contributed by atoms with Crippen LogP contribution in [-0.2, 0) is 24.3 Å². The van der Waals surface area contributed by atoms with Crippen LogP contribution in [0.25, 0.3) is 0 Å². The molecular weight excluding hydrogens is 338 g/mol. The molecule has 1 saturated heterocycles. The molecule has 2 N–H and O–H groups in total. The SMILES string of the molecule is O=C(Cn1ccc([C@@H]2CCCNC2)n1)NCCN1CCc2ccccc2C1. The van der Waals surface area contributed by atoms with Crippen LogP contribution in [0.3, 0.4) is 0 Å². The predicted molar refractivity (Wildman–Crippen MR) is 106 cm³/mol. The van der Waals surface area contributed by atoms with Gasteiger partial charge in [0.2, 0.25) is 5.91 Å². The maximum Gasteiger partial charge on any atom is 0.241 e. The zero-order valence-electron chi connectivity index (χ0n) is 15.9. The summed E-state index contributed by atoms with van der Waals surface area (Å²) in [6.45, 7) is 5.99. The molecule has 4 rings (SSSR count). The van der Waals surface area contributed by atoms with Gasteiger partial charge in [-0.15, -0.1) is 0 Å². The van der Waals surface area contributed by atoms with E-state index in [4.69, 9.17) is 0 Å². The number of rotatable bonds is 6. The highest BCUT2D eigenvalue weighted by Gasteiger charge is 2.18. The summed E-state index contributed by atoms with van der Waals surface area (Å²) < 4.78 is 1.76. The fraction of sp³-hybridized carbons (Fsp3) is 0.524. The van der Waals surface area contributed by atoms with Gasteiger partial charge in [-0.3, -0.25) is 14.4 Å². The third-order valence-corrected chi connectivity index (χ3v) is 5.64. The summed E-state index contributed by atoms with van der Waals surface area (Å²) in [5.41, 5.74) is 3.97. The maximum absolute atomic E-state index is 12.2. The number of hydrogen-bond acceptors (Lipinski definition) is 4. The average molecular weight is 367 g/mol. The third-order valence-electron chi connectivity index (χ3n) is 5.64. The Kier molecular flexibility index (Phi) is 5.84.